The lowest BCUT2D eigenvalue weighted by Gasteiger charge is -2.09. The molecule has 5 heteroatoms. The van der Waals surface area contributed by atoms with Gasteiger partial charge < -0.3 is 19.7 Å². The van der Waals surface area contributed by atoms with Crippen LogP contribution in [0.3, 0.4) is 0 Å². The maximum atomic E-state index is 11.0. The summed E-state index contributed by atoms with van der Waals surface area (Å²) < 4.78 is 10.0. The largest absolute Gasteiger partial charge is 0.493 e. The summed E-state index contributed by atoms with van der Waals surface area (Å²) in [5.74, 6) is 4.54. The van der Waals surface area contributed by atoms with Gasteiger partial charge in [0.1, 0.15) is 6.61 Å². The van der Waals surface area contributed by atoms with Crippen molar-refractivity contribution in [1.82, 2.24) is 0 Å². The van der Waals surface area contributed by atoms with Crippen LogP contribution in [0.1, 0.15) is 15.9 Å². The monoisotopic (exact) mass is 236 g/mol. The fourth-order valence-electron chi connectivity index (χ4n) is 1.29. The smallest absolute Gasteiger partial charge is 0.337 e. The molecule has 0 bridgehead atoms. The van der Waals surface area contributed by atoms with E-state index in [9.17, 15) is 4.79 Å². The molecule has 0 fully saturated rings. The Kier molecular flexibility index (Phi) is 4.37. The first kappa shape index (κ1) is 12.9. The van der Waals surface area contributed by atoms with Crippen LogP contribution >= 0.6 is 0 Å². The molecule has 0 saturated carbocycles. The van der Waals surface area contributed by atoms with Gasteiger partial charge in [-0.1, -0.05) is 11.8 Å². The first-order valence-electron chi connectivity index (χ1n) is 4.73. The van der Waals surface area contributed by atoms with E-state index in [0.29, 0.717) is 11.5 Å². The van der Waals surface area contributed by atoms with Gasteiger partial charge in [-0.3, -0.25) is 0 Å². The molecule has 0 radical (unpaired) electrons. The zero-order valence-electron chi connectivity index (χ0n) is 9.48. The highest BCUT2D eigenvalue weighted by atomic mass is 16.5. The number of ether oxygens (including phenoxy) is 2. The van der Waals surface area contributed by atoms with Gasteiger partial charge in [-0.05, 0) is 6.07 Å². The van der Waals surface area contributed by atoms with Crippen molar-refractivity contribution in [2.24, 2.45) is 0 Å². The van der Waals surface area contributed by atoms with Crippen LogP contribution in [0.5, 0.6) is 11.5 Å². The molecule has 0 heterocycles. The Morgan fingerprint density at radius 2 is 1.88 bits per heavy atom. The maximum absolute atomic E-state index is 11.0. The highest BCUT2D eigenvalue weighted by molar-refractivity contribution is 5.91. The molecule has 0 aliphatic carbocycles. The van der Waals surface area contributed by atoms with Gasteiger partial charge in [-0.15, -0.1) is 0 Å². The van der Waals surface area contributed by atoms with Gasteiger partial charge in [-0.25, -0.2) is 4.79 Å². The van der Waals surface area contributed by atoms with Gasteiger partial charge in [-0.2, -0.15) is 0 Å². The van der Waals surface area contributed by atoms with Crippen LogP contribution in [0.25, 0.3) is 0 Å². The first-order chi connectivity index (χ1) is 8.13. The van der Waals surface area contributed by atoms with Crippen molar-refractivity contribution in [2.45, 2.75) is 0 Å². The molecular weight excluding hydrogens is 224 g/mol. The lowest BCUT2D eigenvalue weighted by molar-refractivity contribution is 0.0696. The molecule has 1 rings (SSSR count). The number of carbonyl (C=O) groups is 1. The Balaban J connectivity index is 3.40. The van der Waals surface area contributed by atoms with Crippen molar-refractivity contribution >= 4 is 5.97 Å². The number of rotatable bonds is 3. The Hall–Kier alpha value is -2.19. The topological polar surface area (TPSA) is 76.0 Å². The molecule has 5 nitrogen and oxygen atoms in total. The van der Waals surface area contributed by atoms with Gasteiger partial charge in [0.2, 0.25) is 0 Å². The van der Waals surface area contributed by atoms with Crippen LogP contribution in [-0.4, -0.2) is 37.0 Å². The minimum absolute atomic E-state index is 0.00333. The molecular formula is C12H12O5. The van der Waals surface area contributed by atoms with E-state index >= 15 is 0 Å². The summed E-state index contributed by atoms with van der Waals surface area (Å²) in [6.45, 7) is -0.340. The summed E-state index contributed by atoms with van der Waals surface area (Å²) >= 11 is 0. The molecule has 0 spiro atoms. The molecule has 0 saturated heterocycles. The molecule has 1 aromatic carbocycles. The third kappa shape index (κ3) is 2.89. The predicted molar refractivity (Wildman–Crippen MR) is 60.5 cm³/mol. The molecule has 1 aromatic rings. The van der Waals surface area contributed by atoms with E-state index in [4.69, 9.17) is 19.7 Å². The molecule has 0 amide bonds. The van der Waals surface area contributed by atoms with E-state index in [1.165, 1.54) is 26.4 Å². The molecule has 0 aromatic heterocycles. The van der Waals surface area contributed by atoms with Crippen molar-refractivity contribution in [3.63, 3.8) is 0 Å². The minimum atomic E-state index is -1.12. The van der Waals surface area contributed by atoms with Crippen LogP contribution in [0.2, 0.25) is 0 Å². The average Bonchev–Trinajstić information content (AvgIpc) is 2.34. The van der Waals surface area contributed by atoms with Crippen LogP contribution in [0.15, 0.2) is 12.1 Å². The molecule has 0 aliphatic heterocycles. The Morgan fingerprint density at radius 3 is 2.35 bits per heavy atom. The second-order valence-electron chi connectivity index (χ2n) is 3.02. The quantitative estimate of drug-likeness (QED) is 0.757. The van der Waals surface area contributed by atoms with Gasteiger partial charge in [0.25, 0.3) is 0 Å². The molecule has 2 N–H and O–H groups in total. The Bertz CT molecular complexity index is 482. The molecule has 0 unspecified atom stereocenters. The lowest BCUT2D eigenvalue weighted by Crippen LogP contribution is -2.02. The number of aliphatic hydroxyl groups excluding tert-OH is 1. The minimum Gasteiger partial charge on any atom is -0.493 e. The third-order valence-corrected chi connectivity index (χ3v) is 2.06. The SMILES string of the molecule is COc1cc(C#CCO)c(C(=O)O)cc1OC. The summed E-state index contributed by atoms with van der Waals surface area (Å²) in [7, 11) is 2.87. The number of carboxylic acid groups (broad SMARTS) is 1. The summed E-state index contributed by atoms with van der Waals surface area (Å²) in [4.78, 5) is 11.0. The number of methoxy groups -OCH3 is 2. The standard InChI is InChI=1S/C12H12O5/c1-16-10-6-8(4-3-5-13)9(12(14)15)7-11(10)17-2/h6-7,13H,5H2,1-2H3,(H,14,15). The number of hydrogen-bond donors (Lipinski definition) is 2. The number of aliphatic hydroxyl groups is 1. The van der Waals surface area contributed by atoms with Gasteiger partial charge in [0, 0.05) is 11.6 Å². The Morgan fingerprint density at radius 1 is 1.29 bits per heavy atom. The molecule has 0 aliphatic rings. The highest BCUT2D eigenvalue weighted by Crippen LogP contribution is 2.30. The summed E-state index contributed by atoms with van der Waals surface area (Å²) in [6, 6.07) is 2.80. The van der Waals surface area contributed by atoms with E-state index < -0.39 is 5.97 Å². The molecule has 0 atom stereocenters. The second kappa shape index (κ2) is 5.77. The molecule has 17 heavy (non-hydrogen) atoms. The van der Waals surface area contributed by atoms with E-state index in [0.717, 1.165) is 0 Å². The van der Waals surface area contributed by atoms with Crippen molar-refractivity contribution in [2.75, 3.05) is 20.8 Å². The zero-order chi connectivity index (χ0) is 12.8. The summed E-state index contributed by atoms with van der Waals surface area (Å²) in [6.07, 6.45) is 0. The Labute approximate surface area is 98.6 Å². The lowest BCUT2D eigenvalue weighted by atomic mass is 10.1. The van der Waals surface area contributed by atoms with Gasteiger partial charge in [0.05, 0.1) is 19.8 Å². The van der Waals surface area contributed by atoms with Crippen LogP contribution < -0.4 is 9.47 Å². The van der Waals surface area contributed by atoms with E-state index in [2.05, 4.69) is 11.8 Å². The maximum Gasteiger partial charge on any atom is 0.337 e. The third-order valence-electron chi connectivity index (χ3n) is 2.06. The van der Waals surface area contributed by atoms with Crippen molar-refractivity contribution in [1.29, 1.82) is 0 Å². The van der Waals surface area contributed by atoms with E-state index in [1.807, 2.05) is 0 Å². The second-order valence-corrected chi connectivity index (χ2v) is 3.02. The van der Waals surface area contributed by atoms with Crippen molar-refractivity contribution in [3.8, 4) is 23.3 Å². The normalized spacial score (nSPS) is 9.12. The number of hydrogen-bond acceptors (Lipinski definition) is 4. The van der Waals surface area contributed by atoms with Crippen LogP contribution in [0.4, 0.5) is 0 Å². The fraction of sp³-hybridized carbons (Fsp3) is 0.250. The average molecular weight is 236 g/mol. The predicted octanol–water partition coefficient (Wildman–Crippen LogP) is 0.746. The number of aromatic carboxylic acids is 1. The van der Waals surface area contributed by atoms with Crippen molar-refractivity contribution in [3.05, 3.63) is 23.3 Å². The van der Waals surface area contributed by atoms with E-state index in [-0.39, 0.29) is 17.7 Å². The highest BCUT2D eigenvalue weighted by Gasteiger charge is 2.14. The fourth-order valence-corrected chi connectivity index (χ4v) is 1.29. The summed E-state index contributed by atoms with van der Waals surface area (Å²) in [5.41, 5.74) is 0.271. The van der Waals surface area contributed by atoms with Crippen molar-refractivity contribution < 1.29 is 24.5 Å². The van der Waals surface area contributed by atoms with Gasteiger partial charge >= 0.3 is 5.97 Å². The van der Waals surface area contributed by atoms with E-state index in [1.54, 1.807) is 0 Å². The van der Waals surface area contributed by atoms with Crippen LogP contribution in [0, 0.1) is 11.8 Å². The number of carboxylic acids is 1. The zero-order valence-corrected chi connectivity index (χ0v) is 9.48. The van der Waals surface area contributed by atoms with Gasteiger partial charge in [0.15, 0.2) is 11.5 Å². The number of benzene rings is 1. The summed E-state index contributed by atoms with van der Waals surface area (Å²) in [5, 5.41) is 17.6. The van der Waals surface area contributed by atoms with Crippen LogP contribution in [-0.2, 0) is 0 Å². The first-order valence-corrected chi connectivity index (χ1v) is 4.73. The molecule has 90 valence electrons.